The molecule has 6 heteroatoms. The van der Waals surface area contributed by atoms with Gasteiger partial charge in [-0.1, -0.05) is 309 Å². The first-order valence-corrected chi connectivity index (χ1v) is 33.7. The molecule has 0 rings (SSSR count). The van der Waals surface area contributed by atoms with Gasteiger partial charge in [-0.15, -0.1) is 0 Å². The van der Waals surface area contributed by atoms with E-state index < -0.39 is 6.10 Å². The Morgan fingerprint density at radius 2 is 0.494 bits per heavy atom. The summed E-state index contributed by atoms with van der Waals surface area (Å²) in [7, 11) is 0. The Labute approximate surface area is 500 Å². The Bertz CT molecular complexity index is 1720. The lowest BCUT2D eigenvalue weighted by molar-refractivity contribution is -0.167. The van der Waals surface area contributed by atoms with Gasteiger partial charge in [0.1, 0.15) is 13.2 Å². The van der Waals surface area contributed by atoms with Crippen LogP contribution in [0.25, 0.3) is 0 Å². The second-order valence-electron chi connectivity index (χ2n) is 22.0. The summed E-state index contributed by atoms with van der Waals surface area (Å²) in [6, 6.07) is 0. The van der Waals surface area contributed by atoms with Crippen molar-refractivity contribution in [1.82, 2.24) is 0 Å². The van der Waals surface area contributed by atoms with E-state index in [4.69, 9.17) is 14.2 Å². The first-order valence-electron chi connectivity index (χ1n) is 33.7. The van der Waals surface area contributed by atoms with Crippen molar-refractivity contribution in [3.63, 3.8) is 0 Å². The number of carbonyl (C=O) groups is 3. The van der Waals surface area contributed by atoms with Crippen molar-refractivity contribution in [3.05, 3.63) is 134 Å². The molecule has 0 N–H and O–H groups in total. The maximum absolute atomic E-state index is 12.9. The Kier molecular flexibility index (Phi) is 64.3. The molecule has 0 heterocycles. The fourth-order valence-electron chi connectivity index (χ4n) is 9.19. The van der Waals surface area contributed by atoms with Gasteiger partial charge in [-0.05, 0) is 109 Å². The predicted octanol–water partition coefficient (Wildman–Crippen LogP) is 23.3. The fourth-order valence-corrected chi connectivity index (χ4v) is 9.19. The smallest absolute Gasteiger partial charge is 0.306 e. The summed E-state index contributed by atoms with van der Waals surface area (Å²) in [6.45, 7) is 6.37. The predicted molar refractivity (Wildman–Crippen MR) is 353 cm³/mol. The van der Waals surface area contributed by atoms with Crippen LogP contribution in [0.5, 0.6) is 0 Å². The second kappa shape index (κ2) is 68.1. The van der Waals surface area contributed by atoms with Crippen LogP contribution in [0.2, 0.25) is 0 Å². The first kappa shape index (κ1) is 76.5. The minimum absolute atomic E-state index is 0.0992. The van der Waals surface area contributed by atoms with Gasteiger partial charge >= 0.3 is 17.9 Å². The van der Waals surface area contributed by atoms with E-state index in [1.807, 2.05) is 0 Å². The van der Waals surface area contributed by atoms with E-state index in [2.05, 4.69) is 154 Å². The number of carbonyl (C=O) groups excluding carboxylic acids is 3. The molecule has 0 aromatic carbocycles. The molecule has 0 aliphatic carbocycles. The maximum Gasteiger partial charge on any atom is 0.306 e. The quantitative estimate of drug-likeness (QED) is 0.0261. The zero-order valence-corrected chi connectivity index (χ0v) is 52.8. The number of hydrogen-bond donors (Lipinski definition) is 0. The van der Waals surface area contributed by atoms with Crippen LogP contribution in [0.15, 0.2) is 134 Å². The summed E-state index contributed by atoms with van der Waals surface area (Å²) in [6.07, 6.45) is 96.3. The van der Waals surface area contributed by atoms with E-state index in [1.54, 1.807) is 0 Å². The summed E-state index contributed by atoms with van der Waals surface area (Å²) in [5.74, 6) is -0.953. The third kappa shape index (κ3) is 66.2. The molecule has 1 unspecified atom stereocenters. The summed E-state index contributed by atoms with van der Waals surface area (Å²) in [5, 5.41) is 0. The lowest BCUT2D eigenvalue weighted by Crippen LogP contribution is -2.30. The standard InChI is InChI=1S/C75H124O6/c1-4-7-10-13-16-19-22-24-26-28-29-30-31-32-33-34-35-36-37-38-39-40-41-42-43-44-45-47-48-50-53-56-59-62-65-68-74(77)80-71-72(70-79-73(76)67-64-61-58-55-52-21-18-15-12-9-6-3)81-75(78)69-66-63-60-57-54-51-49-46-27-25-23-20-17-14-11-8-5-2/h7-8,10-11,16-17,19-20,24-27,29-30,32-33,35-36,49,51,57,60,72H,4-6,9,12-15,18,21-23,28,31,34,37-48,50,52-56,58-59,61-71H2,1-3H3/b10-7-,11-8-,19-16-,20-17-,26-24-,27-25-,30-29-,33-32-,36-35-,51-49-,60-57-. The molecule has 0 saturated carbocycles. The molecule has 0 amide bonds. The molecule has 0 aliphatic heterocycles. The van der Waals surface area contributed by atoms with E-state index in [-0.39, 0.29) is 37.5 Å². The molecule has 0 aromatic heterocycles. The molecule has 81 heavy (non-hydrogen) atoms. The summed E-state index contributed by atoms with van der Waals surface area (Å²) in [4.78, 5) is 38.2. The zero-order chi connectivity index (χ0) is 58.5. The van der Waals surface area contributed by atoms with Crippen molar-refractivity contribution >= 4 is 17.9 Å². The lowest BCUT2D eigenvalue weighted by Gasteiger charge is -2.18. The van der Waals surface area contributed by atoms with Crippen LogP contribution in [-0.4, -0.2) is 37.2 Å². The van der Waals surface area contributed by atoms with Crippen molar-refractivity contribution < 1.29 is 28.6 Å². The van der Waals surface area contributed by atoms with Crippen molar-refractivity contribution in [2.45, 2.75) is 309 Å². The highest BCUT2D eigenvalue weighted by Crippen LogP contribution is 2.16. The number of esters is 3. The molecule has 0 bridgehead atoms. The van der Waals surface area contributed by atoms with E-state index in [1.165, 1.54) is 141 Å². The fraction of sp³-hybridized carbons (Fsp3) is 0.667. The largest absolute Gasteiger partial charge is 0.462 e. The third-order valence-electron chi connectivity index (χ3n) is 14.2. The highest BCUT2D eigenvalue weighted by molar-refractivity contribution is 5.71. The minimum atomic E-state index is -0.808. The SMILES string of the molecule is CC/C=C\C/C=C\C/C=C\C/C=C\C/C=C\C/C=C\CCCCCCCCCCCCCCCCCCC(=O)OCC(COC(=O)CCCCCCCCCCCCC)OC(=O)CCC/C=C\C/C=C\C/C=C\C/C=C\C/C=C\CC. The monoisotopic (exact) mass is 1120 g/mol. The Hall–Kier alpha value is -4.45. The van der Waals surface area contributed by atoms with Gasteiger partial charge in [-0.3, -0.25) is 14.4 Å². The maximum atomic E-state index is 12.9. The molecule has 460 valence electrons. The second-order valence-corrected chi connectivity index (χ2v) is 22.0. The van der Waals surface area contributed by atoms with Crippen LogP contribution < -0.4 is 0 Å². The molecule has 0 saturated heterocycles. The lowest BCUT2D eigenvalue weighted by atomic mass is 10.0. The van der Waals surface area contributed by atoms with Crippen molar-refractivity contribution in [1.29, 1.82) is 0 Å². The van der Waals surface area contributed by atoms with Gasteiger partial charge in [0.2, 0.25) is 0 Å². The highest BCUT2D eigenvalue weighted by atomic mass is 16.6. The number of ether oxygens (including phenoxy) is 3. The molecule has 0 aromatic rings. The molecular weight excluding hydrogens is 997 g/mol. The summed E-state index contributed by atoms with van der Waals surface area (Å²) < 4.78 is 16.9. The van der Waals surface area contributed by atoms with Crippen LogP contribution in [0.4, 0.5) is 0 Å². The van der Waals surface area contributed by atoms with Gasteiger partial charge in [0, 0.05) is 19.3 Å². The van der Waals surface area contributed by atoms with Crippen LogP contribution >= 0.6 is 0 Å². The van der Waals surface area contributed by atoms with E-state index in [9.17, 15) is 14.4 Å². The Morgan fingerprint density at radius 1 is 0.259 bits per heavy atom. The highest BCUT2D eigenvalue weighted by Gasteiger charge is 2.19. The van der Waals surface area contributed by atoms with Crippen molar-refractivity contribution in [2.75, 3.05) is 13.2 Å². The average molecular weight is 1120 g/mol. The van der Waals surface area contributed by atoms with Crippen molar-refractivity contribution in [3.8, 4) is 0 Å². The Balaban J connectivity index is 4.18. The third-order valence-corrected chi connectivity index (χ3v) is 14.2. The van der Waals surface area contributed by atoms with Gasteiger partial charge in [-0.2, -0.15) is 0 Å². The van der Waals surface area contributed by atoms with Crippen LogP contribution in [0.3, 0.4) is 0 Å². The molecule has 1 atom stereocenters. The summed E-state index contributed by atoms with van der Waals surface area (Å²) >= 11 is 0. The minimum Gasteiger partial charge on any atom is -0.462 e. The number of unbranched alkanes of at least 4 members (excludes halogenated alkanes) is 27. The van der Waals surface area contributed by atoms with Gasteiger partial charge in [0.15, 0.2) is 6.10 Å². The van der Waals surface area contributed by atoms with Gasteiger partial charge < -0.3 is 14.2 Å². The first-order chi connectivity index (χ1) is 40.0. The summed E-state index contributed by atoms with van der Waals surface area (Å²) in [5.41, 5.74) is 0. The van der Waals surface area contributed by atoms with Crippen LogP contribution in [-0.2, 0) is 28.6 Å². The van der Waals surface area contributed by atoms with E-state index in [0.717, 1.165) is 116 Å². The molecule has 6 nitrogen and oxygen atoms in total. The van der Waals surface area contributed by atoms with Crippen LogP contribution in [0.1, 0.15) is 303 Å². The van der Waals surface area contributed by atoms with Gasteiger partial charge in [0.25, 0.3) is 0 Å². The van der Waals surface area contributed by atoms with Gasteiger partial charge in [0.05, 0.1) is 0 Å². The van der Waals surface area contributed by atoms with Crippen LogP contribution in [0, 0.1) is 0 Å². The van der Waals surface area contributed by atoms with E-state index in [0.29, 0.717) is 19.3 Å². The Morgan fingerprint density at radius 3 is 0.790 bits per heavy atom. The average Bonchev–Trinajstić information content (AvgIpc) is 3.47. The zero-order valence-electron chi connectivity index (χ0n) is 52.8. The number of hydrogen-bond acceptors (Lipinski definition) is 6. The topological polar surface area (TPSA) is 78.9 Å². The molecular formula is C75H124O6. The van der Waals surface area contributed by atoms with Crippen molar-refractivity contribution in [2.24, 2.45) is 0 Å². The molecule has 0 spiro atoms. The van der Waals surface area contributed by atoms with Gasteiger partial charge in [-0.25, -0.2) is 0 Å². The van der Waals surface area contributed by atoms with E-state index >= 15 is 0 Å². The normalized spacial score (nSPS) is 13.0. The number of allylic oxidation sites excluding steroid dienone is 22. The molecule has 0 fully saturated rings. The molecule has 0 radical (unpaired) electrons. The number of rotatable bonds is 60. The molecule has 0 aliphatic rings.